The second kappa shape index (κ2) is 7.31. The van der Waals surface area contributed by atoms with E-state index in [9.17, 15) is 0 Å². The van der Waals surface area contributed by atoms with Crippen LogP contribution in [-0.2, 0) is 6.54 Å². The monoisotopic (exact) mass is 261 g/mol. The molecular weight excluding hydrogens is 238 g/mol. The van der Waals surface area contributed by atoms with Gasteiger partial charge in [0.25, 0.3) is 0 Å². The van der Waals surface area contributed by atoms with Gasteiger partial charge in [-0.3, -0.25) is 0 Å². The molecule has 2 aromatic rings. The van der Waals surface area contributed by atoms with Crippen LogP contribution in [0.2, 0.25) is 0 Å². The molecule has 0 radical (unpaired) electrons. The van der Waals surface area contributed by atoms with E-state index < -0.39 is 0 Å². The van der Waals surface area contributed by atoms with Crippen molar-refractivity contribution in [2.75, 3.05) is 13.2 Å². The second-order valence-electron chi connectivity index (χ2n) is 5.05. The fourth-order valence-corrected chi connectivity index (χ4v) is 2.46. The smallest absolute Gasteiger partial charge is 0.134 e. The number of furan rings is 1. The van der Waals surface area contributed by atoms with E-state index in [0.29, 0.717) is 5.92 Å². The molecule has 1 aromatic heterocycles. The van der Waals surface area contributed by atoms with Gasteiger partial charge in [-0.1, -0.05) is 31.5 Å². The first-order valence-electron chi connectivity index (χ1n) is 7.12. The Balaban J connectivity index is 1.84. The Bertz CT molecular complexity index is 453. The van der Waals surface area contributed by atoms with Crippen molar-refractivity contribution in [3.05, 3.63) is 36.1 Å². The molecule has 1 unspecified atom stereocenters. The molecule has 0 saturated heterocycles. The van der Waals surface area contributed by atoms with Crippen LogP contribution in [0.5, 0.6) is 0 Å². The van der Waals surface area contributed by atoms with Crippen molar-refractivity contribution in [1.82, 2.24) is 5.32 Å². The van der Waals surface area contributed by atoms with Crippen LogP contribution in [0, 0.1) is 5.92 Å². The average molecular weight is 261 g/mol. The molecule has 1 atom stereocenters. The Morgan fingerprint density at radius 1 is 1.26 bits per heavy atom. The number of hydrogen-bond acceptors (Lipinski definition) is 3. The Morgan fingerprint density at radius 3 is 2.84 bits per heavy atom. The van der Waals surface area contributed by atoms with Crippen LogP contribution in [0.4, 0.5) is 0 Å². The maximum absolute atomic E-state index is 9.03. The first-order valence-corrected chi connectivity index (χ1v) is 7.12. The highest BCUT2D eigenvalue weighted by Crippen LogP contribution is 2.18. The van der Waals surface area contributed by atoms with E-state index in [0.717, 1.165) is 49.1 Å². The first-order chi connectivity index (χ1) is 9.33. The van der Waals surface area contributed by atoms with Crippen molar-refractivity contribution in [1.29, 1.82) is 0 Å². The number of rotatable bonds is 8. The molecule has 19 heavy (non-hydrogen) atoms. The Hall–Kier alpha value is -1.32. The lowest BCUT2D eigenvalue weighted by Crippen LogP contribution is -2.23. The fourth-order valence-electron chi connectivity index (χ4n) is 2.46. The topological polar surface area (TPSA) is 45.4 Å². The summed E-state index contributed by atoms with van der Waals surface area (Å²) in [6.45, 7) is 4.15. The standard InChI is InChI=1S/C16H23NO2/c1-2-5-13(8-9-18)11-17-12-15-10-14-6-3-4-7-16(14)19-15/h3-4,6-7,10,13,17-18H,2,5,8-9,11-12H2,1H3. The molecule has 0 aliphatic carbocycles. The summed E-state index contributed by atoms with van der Waals surface area (Å²) in [5.41, 5.74) is 0.944. The third-order valence-corrected chi connectivity index (χ3v) is 3.44. The lowest BCUT2D eigenvalue weighted by Gasteiger charge is -2.14. The molecule has 104 valence electrons. The molecule has 2 rings (SSSR count). The van der Waals surface area contributed by atoms with E-state index >= 15 is 0 Å². The summed E-state index contributed by atoms with van der Waals surface area (Å²) >= 11 is 0. The van der Waals surface area contributed by atoms with Gasteiger partial charge < -0.3 is 14.8 Å². The van der Waals surface area contributed by atoms with Crippen molar-refractivity contribution < 1.29 is 9.52 Å². The molecule has 3 nitrogen and oxygen atoms in total. The van der Waals surface area contributed by atoms with Crippen molar-refractivity contribution in [3.8, 4) is 0 Å². The predicted octanol–water partition coefficient (Wildman–Crippen LogP) is 3.32. The third kappa shape index (κ3) is 4.08. The van der Waals surface area contributed by atoms with Gasteiger partial charge in [0.15, 0.2) is 0 Å². The van der Waals surface area contributed by atoms with Crippen LogP contribution in [0.1, 0.15) is 31.9 Å². The molecule has 0 spiro atoms. The fraction of sp³-hybridized carbons (Fsp3) is 0.500. The van der Waals surface area contributed by atoms with Crippen LogP contribution in [0.25, 0.3) is 11.0 Å². The van der Waals surface area contributed by atoms with E-state index in [1.165, 1.54) is 0 Å². The molecule has 0 aliphatic rings. The molecule has 0 saturated carbocycles. The van der Waals surface area contributed by atoms with Crippen molar-refractivity contribution >= 4 is 11.0 Å². The van der Waals surface area contributed by atoms with Crippen LogP contribution in [-0.4, -0.2) is 18.3 Å². The summed E-state index contributed by atoms with van der Waals surface area (Å²) in [5, 5.41) is 13.6. The van der Waals surface area contributed by atoms with Crippen LogP contribution in [0.15, 0.2) is 34.7 Å². The number of hydrogen-bond donors (Lipinski definition) is 2. The van der Waals surface area contributed by atoms with E-state index in [2.05, 4.69) is 24.4 Å². The van der Waals surface area contributed by atoms with Crippen molar-refractivity contribution in [3.63, 3.8) is 0 Å². The molecule has 1 heterocycles. The van der Waals surface area contributed by atoms with E-state index in [1.807, 2.05) is 18.2 Å². The minimum atomic E-state index is 0.275. The molecule has 3 heteroatoms. The Labute approximate surface area is 114 Å². The predicted molar refractivity (Wildman–Crippen MR) is 78.0 cm³/mol. The summed E-state index contributed by atoms with van der Waals surface area (Å²) in [7, 11) is 0. The zero-order chi connectivity index (χ0) is 13.5. The number of fused-ring (bicyclic) bond motifs is 1. The van der Waals surface area contributed by atoms with Gasteiger partial charge in [-0.25, -0.2) is 0 Å². The van der Waals surface area contributed by atoms with E-state index in [4.69, 9.17) is 9.52 Å². The third-order valence-electron chi connectivity index (χ3n) is 3.44. The maximum Gasteiger partial charge on any atom is 0.134 e. The Morgan fingerprint density at radius 2 is 2.11 bits per heavy atom. The van der Waals surface area contributed by atoms with Crippen LogP contribution >= 0.6 is 0 Å². The van der Waals surface area contributed by atoms with Gasteiger partial charge >= 0.3 is 0 Å². The number of benzene rings is 1. The zero-order valence-corrected chi connectivity index (χ0v) is 11.6. The lowest BCUT2D eigenvalue weighted by molar-refractivity contribution is 0.247. The normalized spacial score (nSPS) is 12.9. The quantitative estimate of drug-likeness (QED) is 0.766. The highest BCUT2D eigenvalue weighted by Gasteiger charge is 2.08. The molecule has 1 aromatic carbocycles. The molecular formula is C16H23NO2. The summed E-state index contributed by atoms with van der Waals surface area (Å²) < 4.78 is 5.76. The molecule has 0 aliphatic heterocycles. The van der Waals surface area contributed by atoms with E-state index in [1.54, 1.807) is 0 Å². The van der Waals surface area contributed by atoms with Gasteiger partial charge in [0.05, 0.1) is 6.54 Å². The lowest BCUT2D eigenvalue weighted by atomic mass is 10.0. The van der Waals surface area contributed by atoms with Gasteiger partial charge in [-0.15, -0.1) is 0 Å². The first kappa shape index (κ1) is 14.1. The Kier molecular flexibility index (Phi) is 5.43. The summed E-state index contributed by atoms with van der Waals surface area (Å²) in [6.07, 6.45) is 3.20. The minimum absolute atomic E-state index is 0.275. The number of nitrogens with one attached hydrogen (secondary N) is 1. The minimum Gasteiger partial charge on any atom is -0.460 e. The van der Waals surface area contributed by atoms with Crippen molar-refractivity contribution in [2.24, 2.45) is 5.92 Å². The van der Waals surface area contributed by atoms with E-state index in [-0.39, 0.29) is 6.61 Å². The van der Waals surface area contributed by atoms with Gasteiger partial charge in [-0.05, 0) is 37.4 Å². The average Bonchev–Trinajstić information content (AvgIpc) is 2.82. The largest absolute Gasteiger partial charge is 0.460 e. The van der Waals surface area contributed by atoms with Gasteiger partial charge in [0.2, 0.25) is 0 Å². The number of para-hydroxylation sites is 1. The van der Waals surface area contributed by atoms with Gasteiger partial charge in [-0.2, -0.15) is 0 Å². The zero-order valence-electron chi connectivity index (χ0n) is 11.6. The molecule has 0 amide bonds. The number of aliphatic hydroxyl groups excluding tert-OH is 1. The SMILES string of the molecule is CCCC(CCO)CNCc1cc2ccccc2o1. The molecule has 0 fully saturated rings. The van der Waals surface area contributed by atoms with Crippen molar-refractivity contribution in [2.45, 2.75) is 32.7 Å². The summed E-state index contributed by atoms with van der Waals surface area (Å²) in [5.74, 6) is 1.53. The summed E-state index contributed by atoms with van der Waals surface area (Å²) in [6, 6.07) is 10.1. The molecule has 2 N–H and O–H groups in total. The maximum atomic E-state index is 9.03. The van der Waals surface area contributed by atoms with Gasteiger partial charge in [0, 0.05) is 12.0 Å². The molecule has 0 bridgehead atoms. The van der Waals surface area contributed by atoms with Crippen LogP contribution in [0.3, 0.4) is 0 Å². The number of aliphatic hydroxyl groups is 1. The van der Waals surface area contributed by atoms with Crippen LogP contribution < -0.4 is 5.32 Å². The van der Waals surface area contributed by atoms with Gasteiger partial charge in [0.1, 0.15) is 11.3 Å². The summed E-state index contributed by atoms with van der Waals surface area (Å²) in [4.78, 5) is 0. The second-order valence-corrected chi connectivity index (χ2v) is 5.05. The highest BCUT2D eigenvalue weighted by molar-refractivity contribution is 5.77. The highest BCUT2D eigenvalue weighted by atomic mass is 16.3.